The van der Waals surface area contributed by atoms with Gasteiger partial charge in [-0.05, 0) is 33.3 Å². The molecule has 106 valence electrons. The predicted octanol–water partition coefficient (Wildman–Crippen LogP) is 2.91. The molecule has 2 N–H and O–H groups in total. The van der Waals surface area contributed by atoms with Crippen molar-refractivity contribution in [2.45, 2.75) is 33.7 Å². The lowest BCUT2D eigenvalue weighted by molar-refractivity contribution is -0.384. The summed E-state index contributed by atoms with van der Waals surface area (Å²) in [5.74, 6) is 0.0964. The molecule has 1 aromatic heterocycles. The molecule has 6 nitrogen and oxygen atoms in total. The molecule has 2 aromatic rings. The fraction of sp³-hybridized carbons (Fsp3) is 0.357. The Morgan fingerprint density at radius 3 is 2.25 bits per heavy atom. The number of nitrogens with two attached hydrogens (primary N) is 1. The summed E-state index contributed by atoms with van der Waals surface area (Å²) in [5, 5.41) is 15.2. The quantitative estimate of drug-likeness (QED) is 0.688. The van der Waals surface area contributed by atoms with Crippen LogP contribution in [0.2, 0.25) is 0 Å². The number of nitrogens with zero attached hydrogens (tertiary/aromatic N) is 3. The smallest absolute Gasteiger partial charge is 0.333 e. The molecule has 0 bridgehead atoms. The van der Waals surface area contributed by atoms with Crippen LogP contribution in [-0.4, -0.2) is 14.7 Å². The summed E-state index contributed by atoms with van der Waals surface area (Å²) < 4.78 is 1.52. The van der Waals surface area contributed by atoms with Crippen LogP contribution < -0.4 is 5.73 Å². The Hall–Kier alpha value is -2.37. The van der Waals surface area contributed by atoms with E-state index in [-0.39, 0.29) is 17.5 Å². The molecular weight excluding hydrogens is 256 g/mol. The highest BCUT2D eigenvalue weighted by Crippen LogP contribution is 2.30. The van der Waals surface area contributed by atoms with Crippen LogP contribution in [0.4, 0.5) is 11.5 Å². The first kappa shape index (κ1) is 14.0. The van der Waals surface area contributed by atoms with E-state index >= 15 is 0 Å². The minimum atomic E-state index is -0.484. The van der Waals surface area contributed by atoms with E-state index in [1.165, 1.54) is 4.68 Å². The maximum Gasteiger partial charge on any atom is 0.333 e. The van der Waals surface area contributed by atoms with E-state index in [1.54, 1.807) is 6.92 Å². The topological polar surface area (TPSA) is 87.0 Å². The molecule has 0 saturated carbocycles. The third kappa shape index (κ3) is 2.36. The van der Waals surface area contributed by atoms with Crippen molar-refractivity contribution in [2.24, 2.45) is 0 Å². The van der Waals surface area contributed by atoms with Crippen LogP contribution in [-0.2, 0) is 0 Å². The highest BCUT2D eigenvalue weighted by molar-refractivity contribution is 5.56. The minimum absolute atomic E-state index is 0.0964. The van der Waals surface area contributed by atoms with Gasteiger partial charge in [0.15, 0.2) is 0 Å². The van der Waals surface area contributed by atoms with Gasteiger partial charge in [0, 0.05) is 0 Å². The molecule has 0 aliphatic heterocycles. The minimum Gasteiger partial charge on any atom is -0.378 e. The second kappa shape index (κ2) is 4.96. The Morgan fingerprint density at radius 2 is 1.80 bits per heavy atom. The van der Waals surface area contributed by atoms with Crippen molar-refractivity contribution in [2.75, 3.05) is 5.73 Å². The van der Waals surface area contributed by atoms with Gasteiger partial charge < -0.3 is 5.73 Å². The zero-order valence-electron chi connectivity index (χ0n) is 12.0. The largest absolute Gasteiger partial charge is 0.378 e. The van der Waals surface area contributed by atoms with Crippen LogP contribution in [0.15, 0.2) is 18.2 Å². The lowest BCUT2D eigenvalue weighted by Gasteiger charge is -2.15. The maximum atomic E-state index is 11.0. The summed E-state index contributed by atoms with van der Waals surface area (Å²) in [6.07, 6.45) is 0. The fourth-order valence-corrected chi connectivity index (χ4v) is 2.47. The van der Waals surface area contributed by atoms with Crippen LogP contribution in [0.25, 0.3) is 0 Å². The molecule has 0 aliphatic rings. The van der Waals surface area contributed by atoms with E-state index in [1.807, 2.05) is 32.9 Å². The molecule has 0 fully saturated rings. The van der Waals surface area contributed by atoms with Crippen LogP contribution in [0.5, 0.6) is 0 Å². The van der Waals surface area contributed by atoms with E-state index in [9.17, 15) is 10.1 Å². The monoisotopic (exact) mass is 274 g/mol. The standard InChI is InChI=1S/C14H18N4O2/c1-8-5-9(2)7-12(6-8)11(4)17-14(15)13(18(19)20)10(3)16-17/h5-7,11H,15H2,1-4H3. The first-order valence-electron chi connectivity index (χ1n) is 6.38. The third-order valence-electron chi connectivity index (χ3n) is 3.37. The van der Waals surface area contributed by atoms with Crippen molar-refractivity contribution in [3.05, 3.63) is 50.7 Å². The molecule has 0 radical (unpaired) electrons. The number of aromatic nitrogens is 2. The zero-order valence-corrected chi connectivity index (χ0v) is 12.0. The Bertz CT molecular complexity index is 656. The second-order valence-electron chi connectivity index (χ2n) is 5.12. The van der Waals surface area contributed by atoms with Gasteiger partial charge in [-0.2, -0.15) is 5.10 Å². The van der Waals surface area contributed by atoms with Gasteiger partial charge in [-0.3, -0.25) is 10.1 Å². The van der Waals surface area contributed by atoms with Crippen molar-refractivity contribution in [1.82, 2.24) is 9.78 Å². The van der Waals surface area contributed by atoms with Crippen LogP contribution in [0.1, 0.15) is 35.3 Å². The number of benzene rings is 1. The number of aryl methyl sites for hydroxylation is 3. The molecule has 1 atom stereocenters. The number of nitrogen functional groups attached to an aromatic ring is 1. The average molecular weight is 274 g/mol. The van der Waals surface area contributed by atoms with Gasteiger partial charge in [-0.15, -0.1) is 0 Å². The highest BCUT2D eigenvalue weighted by Gasteiger charge is 2.25. The van der Waals surface area contributed by atoms with Crippen LogP contribution in [0, 0.1) is 30.9 Å². The summed E-state index contributed by atoms with van der Waals surface area (Å²) in [5.41, 5.74) is 9.42. The molecule has 1 heterocycles. The number of nitro groups is 1. The Kier molecular flexibility index (Phi) is 3.48. The highest BCUT2D eigenvalue weighted by atomic mass is 16.6. The van der Waals surface area contributed by atoms with E-state index in [0.717, 1.165) is 16.7 Å². The average Bonchev–Trinajstić information content (AvgIpc) is 2.62. The molecular formula is C14H18N4O2. The number of anilines is 1. The van der Waals surface area contributed by atoms with E-state index in [2.05, 4.69) is 11.2 Å². The Morgan fingerprint density at radius 1 is 1.25 bits per heavy atom. The lowest BCUT2D eigenvalue weighted by Crippen LogP contribution is -2.12. The SMILES string of the molecule is Cc1cc(C)cc(C(C)n2nc(C)c([N+](=O)[O-])c2N)c1. The van der Waals surface area contributed by atoms with Gasteiger partial charge in [0.25, 0.3) is 0 Å². The first-order valence-corrected chi connectivity index (χ1v) is 6.38. The molecule has 1 unspecified atom stereocenters. The van der Waals surface area contributed by atoms with Crippen molar-refractivity contribution in [1.29, 1.82) is 0 Å². The molecule has 0 spiro atoms. The van der Waals surface area contributed by atoms with Gasteiger partial charge in [0.05, 0.1) is 11.0 Å². The fourth-order valence-electron chi connectivity index (χ4n) is 2.47. The van der Waals surface area contributed by atoms with Crippen LogP contribution >= 0.6 is 0 Å². The number of hydrogen-bond acceptors (Lipinski definition) is 4. The van der Waals surface area contributed by atoms with Gasteiger partial charge >= 0.3 is 5.69 Å². The van der Waals surface area contributed by atoms with Crippen molar-refractivity contribution in [3.63, 3.8) is 0 Å². The molecule has 0 aliphatic carbocycles. The molecule has 6 heteroatoms. The van der Waals surface area contributed by atoms with Crippen molar-refractivity contribution in [3.8, 4) is 0 Å². The van der Waals surface area contributed by atoms with Gasteiger partial charge in [0.1, 0.15) is 5.69 Å². The molecule has 0 saturated heterocycles. The van der Waals surface area contributed by atoms with E-state index in [0.29, 0.717) is 5.69 Å². The Balaban J connectivity index is 2.51. The van der Waals surface area contributed by atoms with Gasteiger partial charge in [0.2, 0.25) is 5.82 Å². The van der Waals surface area contributed by atoms with Crippen LogP contribution in [0.3, 0.4) is 0 Å². The number of hydrogen-bond donors (Lipinski definition) is 1. The first-order chi connectivity index (χ1) is 9.31. The summed E-state index contributed by atoms with van der Waals surface area (Å²) in [6.45, 7) is 7.56. The van der Waals surface area contributed by atoms with Gasteiger partial charge in [-0.25, -0.2) is 4.68 Å². The third-order valence-corrected chi connectivity index (χ3v) is 3.37. The Labute approximate surface area is 117 Å². The van der Waals surface area contributed by atoms with Crippen molar-refractivity contribution < 1.29 is 4.92 Å². The van der Waals surface area contributed by atoms with Crippen molar-refractivity contribution >= 4 is 11.5 Å². The molecule has 20 heavy (non-hydrogen) atoms. The zero-order chi connectivity index (χ0) is 15.0. The summed E-state index contributed by atoms with van der Waals surface area (Å²) in [4.78, 5) is 10.5. The summed E-state index contributed by atoms with van der Waals surface area (Å²) in [7, 11) is 0. The number of rotatable bonds is 3. The summed E-state index contributed by atoms with van der Waals surface area (Å²) >= 11 is 0. The normalized spacial score (nSPS) is 12.4. The predicted molar refractivity (Wildman–Crippen MR) is 77.8 cm³/mol. The molecule has 1 aromatic carbocycles. The molecule has 0 amide bonds. The summed E-state index contributed by atoms with van der Waals surface area (Å²) in [6, 6.07) is 6.01. The maximum absolute atomic E-state index is 11.0. The second-order valence-corrected chi connectivity index (χ2v) is 5.12. The molecule has 2 rings (SSSR count). The van der Waals surface area contributed by atoms with E-state index < -0.39 is 4.92 Å². The lowest BCUT2D eigenvalue weighted by atomic mass is 10.0. The van der Waals surface area contributed by atoms with Gasteiger partial charge in [-0.1, -0.05) is 29.3 Å². The van der Waals surface area contributed by atoms with E-state index in [4.69, 9.17) is 5.73 Å².